The minimum atomic E-state index is 0.123. The van der Waals surface area contributed by atoms with Crippen molar-refractivity contribution in [2.45, 2.75) is 18.9 Å². The first kappa shape index (κ1) is 14.2. The third-order valence-electron chi connectivity index (χ3n) is 4.76. The molecule has 23 heavy (non-hydrogen) atoms. The van der Waals surface area contributed by atoms with E-state index in [-0.39, 0.29) is 11.7 Å². The lowest BCUT2D eigenvalue weighted by Gasteiger charge is -2.24. The second-order valence-electron chi connectivity index (χ2n) is 6.14. The van der Waals surface area contributed by atoms with Gasteiger partial charge in [0.1, 0.15) is 0 Å². The highest BCUT2D eigenvalue weighted by atomic mass is 16.5. The van der Waals surface area contributed by atoms with Crippen molar-refractivity contribution < 1.29 is 9.53 Å². The van der Waals surface area contributed by atoms with E-state index in [0.29, 0.717) is 19.6 Å². The van der Waals surface area contributed by atoms with Gasteiger partial charge in [-0.05, 0) is 11.6 Å². The zero-order chi connectivity index (χ0) is 15.8. The molecule has 1 aromatic heterocycles. The van der Waals surface area contributed by atoms with Crippen molar-refractivity contribution in [3.05, 3.63) is 71.4 Å². The number of ketones is 1. The van der Waals surface area contributed by atoms with Crippen molar-refractivity contribution in [2.24, 2.45) is 7.05 Å². The molecule has 1 atom stereocenters. The zero-order valence-corrected chi connectivity index (χ0v) is 13.2. The van der Waals surface area contributed by atoms with Crippen molar-refractivity contribution >= 4 is 16.7 Å². The van der Waals surface area contributed by atoms with E-state index < -0.39 is 0 Å². The van der Waals surface area contributed by atoms with Gasteiger partial charge in [0.05, 0.1) is 13.2 Å². The highest BCUT2D eigenvalue weighted by molar-refractivity contribution is 5.97. The lowest BCUT2D eigenvalue weighted by molar-refractivity contribution is 0.0764. The van der Waals surface area contributed by atoms with Gasteiger partial charge < -0.3 is 9.30 Å². The third-order valence-corrected chi connectivity index (χ3v) is 4.76. The molecule has 3 nitrogen and oxygen atoms in total. The number of aromatic nitrogens is 1. The Kier molecular flexibility index (Phi) is 3.50. The Hall–Kier alpha value is -2.39. The Balaban J connectivity index is 1.73. The molecule has 0 amide bonds. The third kappa shape index (κ3) is 2.37. The molecule has 0 radical (unpaired) electrons. The maximum absolute atomic E-state index is 12.6. The van der Waals surface area contributed by atoms with Gasteiger partial charge in [0.25, 0.3) is 0 Å². The topological polar surface area (TPSA) is 31.2 Å². The summed E-state index contributed by atoms with van der Waals surface area (Å²) in [6, 6.07) is 17.9. The first-order valence-electron chi connectivity index (χ1n) is 7.98. The van der Waals surface area contributed by atoms with Gasteiger partial charge in [-0.1, -0.05) is 48.5 Å². The smallest absolute Gasteiger partial charge is 0.163 e. The highest BCUT2D eigenvalue weighted by Gasteiger charge is 2.28. The Morgan fingerprint density at radius 3 is 2.70 bits per heavy atom. The van der Waals surface area contributed by atoms with E-state index in [4.69, 9.17) is 4.74 Å². The summed E-state index contributed by atoms with van der Waals surface area (Å²) in [5.41, 5.74) is 4.47. The van der Waals surface area contributed by atoms with E-state index >= 15 is 0 Å². The zero-order valence-electron chi connectivity index (χ0n) is 13.2. The van der Waals surface area contributed by atoms with Gasteiger partial charge in [0, 0.05) is 41.5 Å². The minimum absolute atomic E-state index is 0.123. The fourth-order valence-electron chi connectivity index (χ4n) is 3.61. The van der Waals surface area contributed by atoms with Gasteiger partial charge in [0.15, 0.2) is 5.78 Å². The number of rotatable bonds is 3. The highest BCUT2D eigenvalue weighted by Crippen LogP contribution is 2.37. The van der Waals surface area contributed by atoms with Crippen molar-refractivity contribution in [1.29, 1.82) is 0 Å². The van der Waals surface area contributed by atoms with Crippen LogP contribution >= 0.6 is 0 Å². The fraction of sp³-hybridized carbons (Fsp3) is 0.250. The molecule has 4 rings (SSSR count). The Labute approximate surface area is 135 Å². The lowest BCUT2D eigenvalue weighted by atomic mass is 9.89. The van der Waals surface area contributed by atoms with Crippen LogP contribution in [0, 0.1) is 0 Å². The summed E-state index contributed by atoms with van der Waals surface area (Å²) in [5, 5.41) is 1.25. The molecule has 3 aromatic rings. The van der Waals surface area contributed by atoms with E-state index in [2.05, 4.69) is 35.9 Å². The molecule has 0 saturated heterocycles. The molecule has 0 saturated carbocycles. The van der Waals surface area contributed by atoms with Crippen LogP contribution in [-0.4, -0.2) is 17.0 Å². The van der Waals surface area contributed by atoms with Crippen LogP contribution in [0.2, 0.25) is 0 Å². The summed E-state index contributed by atoms with van der Waals surface area (Å²) in [6.45, 7) is 1.23. The molecule has 0 aliphatic carbocycles. The predicted molar refractivity (Wildman–Crippen MR) is 90.7 cm³/mol. The van der Waals surface area contributed by atoms with Crippen LogP contribution in [0.3, 0.4) is 0 Å². The van der Waals surface area contributed by atoms with E-state index in [1.807, 2.05) is 30.3 Å². The summed E-state index contributed by atoms with van der Waals surface area (Å²) < 4.78 is 7.98. The van der Waals surface area contributed by atoms with Gasteiger partial charge in [-0.3, -0.25) is 4.79 Å². The largest absolute Gasteiger partial charge is 0.375 e. The van der Waals surface area contributed by atoms with Crippen molar-refractivity contribution in [1.82, 2.24) is 4.57 Å². The minimum Gasteiger partial charge on any atom is -0.375 e. The van der Waals surface area contributed by atoms with Crippen molar-refractivity contribution in [2.75, 3.05) is 6.61 Å². The standard InChI is InChI=1S/C20H19NO2/c1-21-17-10-6-5-9-16(17)20-15(12-23-13-18(20)21)11-19(22)14-7-3-2-4-8-14/h2-10,15H,11-13H2,1H3/t15-/m0/s1. The number of fused-ring (bicyclic) bond motifs is 3. The summed E-state index contributed by atoms with van der Waals surface area (Å²) >= 11 is 0. The Morgan fingerprint density at radius 2 is 1.87 bits per heavy atom. The van der Waals surface area contributed by atoms with Gasteiger partial charge in [-0.2, -0.15) is 0 Å². The summed E-state index contributed by atoms with van der Waals surface area (Å²) in [4.78, 5) is 12.6. The van der Waals surface area contributed by atoms with Crippen LogP contribution in [0.1, 0.15) is 34.0 Å². The number of hydrogen-bond acceptors (Lipinski definition) is 2. The van der Waals surface area contributed by atoms with Crippen LogP contribution < -0.4 is 0 Å². The molecule has 1 aliphatic rings. The second kappa shape index (κ2) is 5.67. The van der Waals surface area contributed by atoms with E-state index in [9.17, 15) is 4.79 Å². The number of benzene rings is 2. The Morgan fingerprint density at radius 1 is 1.13 bits per heavy atom. The average molecular weight is 305 g/mol. The number of para-hydroxylation sites is 1. The number of carbonyl (C=O) groups excluding carboxylic acids is 1. The van der Waals surface area contributed by atoms with Crippen LogP contribution in [0.15, 0.2) is 54.6 Å². The second-order valence-corrected chi connectivity index (χ2v) is 6.14. The van der Waals surface area contributed by atoms with Gasteiger partial charge in [-0.25, -0.2) is 0 Å². The first-order chi connectivity index (χ1) is 11.3. The number of hydrogen-bond donors (Lipinski definition) is 0. The fourth-order valence-corrected chi connectivity index (χ4v) is 3.61. The molecule has 1 aliphatic heterocycles. The normalized spacial score (nSPS) is 17.2. The van der Waals surface area contributed by atoms with Crippen LogP contribution in [-0.2, 0) is 18.4 Å². The molecule has 2 aromatic carbocycles. The molecule has 0 bridgehead atoms. The number of ether oxygens (including phenoxy) is 1. The van der Waals surface area contributed by atoms with Crippen LogP contribution in [0.25, 0.3) is 10.9 Å². The van der Waals surface area contributed by atoms with Gasteiger partial charge in [0.2, 0.25) is 0 Å². The van der Waals surface area contributed by atoms with Crippen molar-refractivity contribution in [3.8, 4) is 0 Å². The first-order valence-corrected chi connectivity index (χ1v) is 7.98. The molecule has 3 heteroatoms. The van der Waals surface area contributed by atoms with Crippen LogP contribution in [0.5, 0.6) is 0 Å². The van der Waals surface area contributed by atoms with Gasteiger partial charge in [-0.15, -0.1) is 0 Å². The molecule has 0 N–H and O–H groups in total. The molecule has 2 heterocycles. The predicted octanol–water partition coefficient (Wildman–Crippen LogP) is 4.07. The molecular weight excluding hydrogens is 286 g/mol. The van der Waals surface area contributed by atoms with Crippen LogP contribution in [0.4, 0.5) is 0 Å². The molecule has 0 fully saturated rings. The lowest BCUT2D eigenvalue weighted by Crippen LogP contribution is -2.20. The average Bonchev–Trinajstić information content (AvgIpc) is 2.90. The number of carbonyl (C=O) groups is 1. The maximum atomic E-state index is 12.6. The van der Waals surface area contributed by atoms with E-state index in [1.165, 1.54) is 22.2 Å². The van der Waals surface area contributed by atoms with E-state index in [1.54, 1.807) is 0 Å². The molecule has 0 unspecified atom stereocenters. The molecular formula is C20H19NO2. The molecule has 116 valence electrons. The van der Waals surface area contributed by atoms with Crippen molar-refractivity contribution in [3.63, 3.8) is 0 Å². The summed E-state index contributed by atoms with van der Waals surface area (Å²) in [5.74, 6) is 0.303. The number of aryl methyl sites for hydroxylation is 1. The SMILES string of the molecule is Cn1c2c(c3ccccc31)[C@@H](CC(=O)c1ccccc1)COC2. The maximum Gasteiger partial charge on any atom is 0.163 e. The molecule has 0 spiro atoms. The number of Topliss-reactive ketones (excluding diaryl/α,β-unsaturated/α-hetero) is 1. The van der Waals surface area contributed by atoms with Gasteiger partial charge >= 0.3 is 0 Å². The quantitative estimate of drug-likeness (QED) is 0.683. The monoisotopic (exact) mass is 305 g/mol. The summed E-state index contributed by atoms with van der Waals surface area (Å²) in [7, 11) is 2.08. The summed E-state index contributed by atoms with van der Waals surface area (Å²) in [6.07, 6.45) is 0.491. The Bertz CT molecular complexity index is 864. The number of nitrogens with zero attached hydrogens (tertiary/aromatic N) is 1. The van der Waals surface area contributed by atoms with E-state index in [0.717, 1.165) is 5.56 Å².